The Morgan fingerprint density at radius 3 is 2.88 bits per heavy atom. The second-order valence-electron chi connectivity index (χ2n) is 4.22. The first-order valence-electron chi connectivity index (χ1n) is 5.94. The quantitative estimate of drug-likeness (QED) is 0.678. The number of nitrogens with zero attached hydrogens (tertiary/aromatic N) is 3. The van der Waals surface area contributed by atoms with Crippen LogP contribution < -0.4 is 5.32 Å². The lowest BCUT2D eigenvalue weighted by atomic mass is 9.98. The first kappa shape index (κ1) is 13.1. The second-order valence-corrected chi connectivity index (χ2v) is 4.22. The Balaban J connectivity index is 2.68. The Morgan fingerprint density at radius 2 is 2.25 bits per heavy atom. The van der Waals surface area contributed by atoms with Crippen molar-refractivity contribution in [2.45, 2.75) is 45.8 Å². The van der Waals surface area contributed by atoms with Crippen molar-refractivity contribution >= 4 is 0 Å². The Labute approximate surface area is 96.9 Å². The summed E-state index contributed by atoms with van der Waals surface area (Å²) in [6, 6.07) is 0. The fraction of sp³-hybridized carbons (Fsp3) is 0.818. The summed E-state index contributed by atoms with van der Waals surface area (Å²) in [7, 11) is 0. The third-order valence-electron chi connectivity index (χ3n) is 2.64. The molecular weight excluding hydrogens is 204 g/mol. The van der Waals surface area contributed by atoms with E-state index in [-0.39, 0.29) is 0 Å². The molecule has 1 atom stereocenters. The van der Waals surface area contributed by atoms with Crippen LogP contribution in [-0.2, 0) is 12.1 Å². The molecule has 1 aromatic rings. The summed E-state index contributed by atoms with van der Waals surface area (Å²) in [6.07, 6.45) is 3.30. The minimum Gasteiger partial charge on any atom is -0.384 e. The van der Waals surface area contributed by atoms with Crippen molar-refractivity contribution < 1.29 is 5.11 Å². The van der Waals surface area contributed by atoms with Crippen LogP contribution in [0.25, 0.3) is 0 Å². The van der Waals surface area contributed by atoms with Gasteiger partial charge in [-0.2, -0.15) is 0 Å². The number of aliphatic hydroxyl groups is 1. The fourth-order valence-electron chi connectivity index (χ4n) is 1.69. The van der Waals surface area contributed by atoms with Gasteiger partial charge in [0, 0.05) is 6.54 Å². The van der Waals surface area contributed by atoms with Crippen LogP contribution in [0.5, 0.6) is 0 Å². The van der Waals surface area contributed by atoms with E-state index in [1.807, 2.05) is 6.92 Å². The molecule has 0 amide bonds. The van der Waals surface area contributed by atoms with Crippen molar-refractivity contribution in [3.63, 3.8) is 0 Å². The van der Waals surface area contributed by atoms with Gasteiger partial charge < -0.3 is 10.4 Å². The molecule has 0 fully saturated rings. The molecule has 0 aliphatic carbocycles. The van der Waals surface area contributed by atoms with Crippen LogP contribution in [0.4, 0.5) is 0 Å². The van der Waals surface area contributed by atoms with Crippen molar-refractivity contribution in [1.82, 2.24) is 20.3 Å². The van der Waals surface area contributed by atoms with Crippen LogP contribution in [0.1, 0.15) is 39.3 Å². The van der Waals surface area contributed by atoms with Crippen molar-refractivity contribution in [2.24, 2.45) is 0 Å². The maximum atomic E-state index is 10.4. The Bertz CT molecular complexity index is 309. The minimum absolute atomic E-state index is 0.665. The summed E-state index contributed by atoms with van der Waals surface area (Å²) in [5.74, 6) is 0. The lowest BCUT2D eigenvalue weighted by Crippen LogP contribution is -2.30. The lowest BCUT2D eigenvalue weighted by molar-refractivity contribution is 0.0386. The highest BCUT2D eigenvalue weighted by Gasteiger charge is 2.27. The highest BCUT2D eigenvalue weighted by atomic mass is 16.3. The normalized spacial score (nSPS) is 15.0. The van der Waals surface area contributed by atoms with Gasteiger partial charge in [-0.3, -0.25) is 0 Å². The molecule has 1 rings (SSSR count). The first-order chi connectivity index (χ1) is 7.61. The maximum Gasteiger partial charge on any atom is 0.106 e. The molecule has 0 spiro atoms. The van der Waals surface area contributed by atoms with Gasteiger partial charge in [-0.25, -0.2) is 4.68 Å². The van der Waals surface area contributed by atoms with E-state index in [1.165, 1.54) is 0 Å². The number of hydrogen-bond donors (Lipinski definition) is 2. The van der Waals surface area contributed by atoms with E-state index in [0.29, 0.717) is 6.42 Å². The van der Waals surface area contributed by atoms with Crippen LogP contribution in [0.2, 0.25) is 0 Å². The fourth-order valence-corrected chi connectivity index (χ4v) is 1.69. The van der Waals surface area contributed by atoms with Crippen molar-refractivity contribution in [3.8, 4) is 0 Å². The number of rotatable bonds is 7. The van der Waals surface area contributed by atoms with E-state index in [9.17, 15) is 5.11 Å². The summed E-state index contributed by atoms with van der Waals surface area (Å²) in [5, 5.41) is 21.4. The molecule has 5 nitrogen and oxygen atoms in total. The highest BCUT2D eigenvalue weighted by Crippen LogP contribution is 2.22. The third-order valence-corrected chi connectivity index (χ3v) is 2.64. The summed E-state index contributed by atoms with van der Waals surface area (Å²) >= 11 is 0. The molecule has 0 aliphatic heterocycles. The average molecular weight is 226 g/mol. The molecular formula is C11H22N4O. The van der Waals surface area contributed by atoms with E-state index in [0.717, 1.165) is 31.7 Å². The van der Waals surface area contributed by atoms with Crippen molar-refractivity contribution in [2.75, 3.05) is 13.1 Å². The molecule has 0 bridgehead atoms. The Hall–Kier alpha value is -0.940. The number of hydrogen-bond acceptors (Lipinski definition) is 4. The van der Waals surface area contributed by atoms with Gasteiger partial charge in [0.2, 0.25) is 0 Å². The third kappa shape index (κ3) is 3.28. The Kier molecular flexibility index (Phi) is 4.89. The molecule has 0 saturated heterocycles. The van der Waals surface area contributed by atoms with Crippen LogP contribution in [0.15, 0.2) is 6.20 Å². The molecule has 0 saturated carbocycles. The van der Waals surface area contributed by atoms with E-state index in [2.05, 4.69) is 29.5 Å². The summed E-state index contributed by atoms with van der Waals surface area (Å²) in [4.78, 5) is 0. The van der Waals surface area contributed by atoms with Gasteiger partial charge in [0.15, 0.2) is 0 Å². The molecule has 1 unspecified atom stereocenters. The predicted octanol–water partition coefficient (Wildman–Crippen LogP) is 0.895. The van der Waals surface area contributed by atoms with E-state index in [1.54, 1.807) is 10.9 Å². The van der Waals surface area contributed by atoms with Gasteiger partial charge in [-0.15, -0.1) is 5.10 Å². The van der Waals surface area contributed by atoms with Gasteiger partial charge in [0.05, 0.1) is 11.9 Å². The summed E-state index contributed by atoms with van der Waals surface area (Å²) in [6.45, 7) is 8.46. The molecule has 2 N–H and O–H groups in total. The zero-order valence-corrected chi connectivity index (χ0v) is 10.4. The van der Waals surface area contributed by atoms with E-state index < -0.39 is 5.60 Å². The molecule has 16 heavy (non-hydrogen) atoms. The zero-order chi connectivity index (χ0) is 12.0. The number of nitrogens with one attached hydrogen (secondary N) is 1. The summed E-state index contributed by atoms with van der Waals surface area (Å²) in [5.41, 5.74) is -0.0619. The largest absolute Gasteiger partial charge is 0.384 e. The van der Waals surface area contributed by atoms with Crippen molar-refractivity contribution in [1.29, 1.82) is 0 Å². The lowest BCUT2D eigenvalue weighted by Gasteiger charge is -2.23. The average Bonchev–Trinajstić information content (AvgIpc) is 2.67. The summed E-state index contributed by atoms with van der Waals surface area (Å²) < 4.78 is 1.78. The van der Waals surface area contributed by atoms with Gasteiger partial charge in [0.25, 0.3) is 0 Å². The monoisotopic (exact) mass is 226 g/mol. The highest BCUT2D eigenvalue weighted by molar-refractivity contribution is 5.06. The number of aromatic nitrogens is 3. The maximum absolute atomic E-state index is 10.4. The predicted molar refractivity (Wildman–Crippen MR) is 63.0 cm³/mol. The molecule has 5 heteroatoms. The van der Waals surface area contributed by atoms with Gasteiger partial charge in [0.1, 0.15) is 5.60 Å². The van der Waals surface area contributed by atoms with E-state index >= 15 is 0 Å². The van der Waals surface area contributed by atoms with Crippen molar-refractivity contribution in [3.05, 3.63) is 11.9 Å². The minimum atomic E-state index is -0.860. The Morgan fingerprint density at radius 1 is 1.50 bits per heavy atom. The standard InChI is InChI=1S/C11H22N4O/c1-4-8-15-10(9-13-14-15)11(3,16)6-7-12-5-2/h9,12,16H,4-8H2,1-3H3. The molecule has 0 radical (unpaired) electrons. The van der Waals surface area contributed by atoms with Crippen LogP contribution in [0.3, 0.4) is 0 Å². The van der Waals surface area contributed by atoms with E-state index in [4.69, 9.17) is 0 Å². The first-order valence-corrected chi connectivity index (χ1v) is 5.94. The zero-order valence-electron chi connectivity index (χ0n) is 10.4. The molecule has 1 heterocycles. The second kappa shape index (κ2) is 5.96. The van der Waals surface area contributed by atoms with Crippen LogP contribution in [-0.4, -0.2) is 33.2 Å². The van der Waals surface area contributed by atoms with Gasteiger partial charge in [-0.05, 0) is 32.9 Å². The van der Waals surface area contributed by atoms with Crippen LogP contribution >= 0.6 is 0 Å². The van der Waals surface area contributed by atoms with Gasteiger partial charge in [-0.1, -0.05) is 19.1 Å². The molecule has 0 aliphatic rings. The molecule has 0 aromatic carbocycles. The topological polar surface area (TPSA) is 63.0 Å². The SMILES string of the molecule is CCCn1nncc1C(C)(O)CCNCC. The molecule has 1 aromatic heterocycles. The van der Waals surface area contributed by atoms with Crippen LogP contribution in [0, 0.1) is 0 Å². The number of aryl methyl sites for hydroxylation is 1. The molecule has 92 valence electrons. The smallest absolute Gasteiger partial charge is 0.106 e. The van der Waals surface area contributed by atoms with Gasteiger partial charge >= 0.3 is 0 Å².